The van der Waals surface area contributed by atoms with Crippen molar-refractivity contribution in [2.24, 2.45) is 0 Å². The Morgan fingerprint density at radius 2 is 2.50 bits per heavy atom. The van der Waals surface area contributed by atoms with Crippen molar-refractivity contribution in [2.75, 3.05) is 5.75 Å². The first-order valence-electron chi connectivity index (χ1n) is 5.68. The molecular formula is C11H17N3O3S. The molecule has 18 heavy (non-hydrogen) atoms. The Morgan fingerprint density at radius 3 is 3.11 bits per heavy atom. The SMILES string of the molecule is CCCn1cncc1CSCC(NC=O)C(=O)O. The number of hydrogen-bond donors (Lipinski definition) is 2. The molecule has 1 unspecified atom stereocenters. The van der Waals surface area contributed by atoms with Crippen LogP contribution in [0.1, 0.15) is 19.0 Å². The number of nitrogens with one attached hydrogen (secondary N) is 1. The van der Waals surface area contributed by atoms with Crippen LogP contribution in [0.3, 0.4) is 0 Å². The summed E-state index contributed by atoms with van der Waals surface area (Å²) in [6, 6.07) is -0.838. The first-order valence-corrected chi connectivity index (χ1v) is 6.83. The molecule has 0 fully saturated rings. The van der Waals surface area contributed by atoms with Gasteiger partial charge >= 0.3 is 5.97 Å². The van der Waals surface area contributed by atoms with Gasteiger partial charge < -0.3 is 15.0 Å². The third-order valence-corrected chi connectivity index (χ3v) is 3.43. The topological polar surface area (TPSA) is 84.2 Å². The van der Waals surface area contributed by atoms with Gasteiger partial charge in [-0.25, -0.2) is 9.78 Å². The first-order chi connectivity index (χ1) is 8.69. The number of aliphatic carboxylic acids is 1. The van der Waals surface area contributed by atoms with E-state index in [1.54, 1.807) is 12.5 Å². The first kappa shape index (κ1) is 14.6. The quantitative estimate of drug-likeness (QED) is 0.647. The fourth-order valence-electron chi connectivity index (χ4n) is 1.46. The molecule has 1 aromatic rings. The van der Waals surface area contributed by atoms with Gasteiger partial charge in [0.15, 0.2) is 0 Å². The van der Waals surface area contributed by atoms with E-state index in [0.29, 0.717) is 17.9 Å². The van der Waals surface area contributed by atoms with Crippen LogP contribution in [0.5, 0.6) is 0 Å². The molecule has 0 spiro atoms. The predicted molar refractivity (Wildman–Crippen MR) is 69.3 cm³/mol. The van der Waals surface area contributed by atoms with Crippen LogP contribution in [0, 0.1) is 0 Å². The van der Waals surface area contributed by atoms with E-state index in [1.807, 2.05) is 0 Å². The summed E-state index contributed by atoms with van der Waals surface area (Å²) in [6.07, 6.45) is 5.00. The molecule has 7 heteroatoms. The van der Waals surface area contributed by atoms with Crippen LogP contribution < -0.4 is 5.32 Å². The summed E-state index contributed by atoms with van der Waals surface area (Å²) in [6.45, 7) is 3.00. The minimum Gasteiger partial charge on any atom is -0.480 e. The number of hydrogen-bond acceptors (Lipinski definition) is 4. The second-order valence-corrected chi connectivity index (χ2v) is 4.80. The van der Waals surface area contributed by atoms with Crippen LogP contribution in [-0.4, -0.2) is 38.8 Å². The third kappa shape index (κ3) is 4.40. The summed E-state index contributed by atoms with van der Waals surface area (Å²) < 4.78 is 2.05. The summed E-state index contributed by atoms with van der Waals surface area (Å²) in [5.74, 6) is 0.00653. The standard InChI is InChI=1S/C11H17N3O3S/c1-2-3-14-7-12-4-9(14)5-18-6-10(11(16)17)13-8-15/h4,7-8,10H,2-3,5-6H2,1H3,(H,13,15)(H,16,17). The molecule has 1 heterocycles. The fraction of sp³-hybridized carbons (Fsp3) is 0.545. The maximum absolute atomic E-state index is 10.8. The molecule has 0 aliphatic heterocycles. The van der Waals surface area contributed by atoms with Crippen molar-refractivity contribution in [3.63, 3.8) is 0 Å². The maximum atomic E-state index is 10.8. The maximum Gasteiger partial charge on any atom is 0.327 e. The zero-order valence-corrected chi connectivity index (χ0v) is 11.0. The number of carboxylic acids is 1. The molecule has 0 aliphatic rings. The molecular weight excluding hydrogens is 254 g/mol. The number of carbonyl (C=O) groups excluding carboxylic acids is 1. The van der Waals surface area contributed by atoms with Crippen molar-refractivity contribution < 1.29 is 14.7 Å². The molecule has 1 atom stereocenters. The van der Waals surface area contributed by atoms with E-state index in [-0.39, 0.29) is 0 Å². The van der Waals surface area contributed by atoms with Gasteiger partial charge in [-0.05, 0) is 6.42 Å². The van der Waals surface area contributed by atoms with Crippen LogP contribution in [0.15, 0.2) is 12.5 Å². The highest BCUT2D eigenvalue weighted by molar-refractivity contribution is 7.98. The molecule has 100 valence electrons. The smallest absolute Gasteiger partial charge is 0.327 e. The van der Waals surface area contributed by atoms with Gasteiger partial charge in [0, 0.05) is 29.9 Å². The number of rotatable bonds is 9. The minimum absolute atomic E-state index is 0.339. The Labute approximate surface area is 110 Å². The van der Waals surface area contributed by atoms with Gasteiger partial charge in [0.1, 0.15) is 6.04 Å². The Morgan fingerprint density at radius 1 is 1.72 bits per heavy atom. The van der Waals surface area contributed by atoms with E-state index >= 15 is 0 Å². The molecule has 1 aromatic heterocycles. The predicted octanol–water partition coefficient (Wildman–Crippen LogP) is 0.725. The van der Waals surface area contributed by atoms with Crippen molar-refractivity contribution in [2.45, 2.75) is 31.7 Å². The number of imidazole rings is 1. The van der Waals surface area contributed by atoms with Crippen LogP contribution >= 0.6 is 11.8 Å². The van der Waals surface area contributed by atoms with Gasteiger partial charge in [-0.1, -0.05) is 6.92 Å². The highest BCUT2D eigenvalue weighted by atomic mass is 32.2. The van der Waals surface area contributed by atoms with E-state index in [1.165, 1.54) is 11.8 Å². The number of nitrogens with zero attached hydrogens (tertiary/aromatic N) is 2. The number of aromatic nitrogens is 2. The molecule has 6 nitrogen and oxygen atoms in total. The lowest BCUT2D eigenvalue weighted by Gasteiger charge is -2.11. The highest BCUT2D eigenvalue weighted by Gasteiger charge is 2.16. The number of thioether (sulfide) groups is 1. The lowest BCUT2D eigenvalue weighted by Crippen LogP contribution is -2.37. The summed E-state index contributed by atoms with van der Waals surface area (Å²) in [5, 5.41) is 11.1. The van der Waals surface area contributed by atoms with Gasteiger partial charge in [0.2, 0.25) is 6.41 Å². The van der Waals surface area contributed by atoms with Gasteiger partial charge in [-0.3, -0.25) is 4.79 Å². The average molecular weight is 271 g/mol. The Kier molecular flexibility index (Phi) is 6.27. The minimum atomic E-state index is -1.02. The Balaban J connectivity index is 2.42. The molecule has 2 N–H and O–H groups in total. The molecule has 0 radical (unpaired) electrons. The van der Waals surface area contributed by atoms with Gasteiger partial charge in [-0.2, -0.15) is 11.8 Å². The van der Waals surface area contributed by atoms with Gasteiger partial charge in [0.25, 0.3) is 0 Å². The highest BCUT2D eigenvalue weighted by Crippen LogP contribution is 2.13. The monoisotopic (exact) mass is 271 g/mol. The second-order valence-electron chi connectivity index (χ2n) is 3.77. The Hall–Kier alpha value is -1.50. The Bertz CT molecular complexity index is 395. The van der Waals surface area contributed by atoms with E-state index < -0.39 is 12.0 Å². The molecule has 0 aromatic carbocycles. The molecule has 0 saturated carbocycles. The van der Waals surface area contributed by atoms with Gasteiger partial charge in [0.05, 0.1) is 6.33 Å². The number of carboxylic acid groups (broad SMARTS) is 1. The van der Waals surface area contributed by atoms with Crippen molar-refractivity contribution in [1.82, 2.24) is 14.9 Å². The third-order valence-electron chi connectivity index (χ3n) is 2.36. The van der Waals surface area contributed by atoms with Crippen LogP contribution in [0.4, 0.5) is 0 Å². The van der Waals surface area contributed by atoms with Crippen molar-refractivity contribution >= 4 is 24.1 Å². The van der Waals surface area contributed by atoms with E-state index in [4.69, 9.17) is 5.11 Å². The molecule has 1 amide bonds. The summed E-state index contributed by atoms with van der Waals surface area (Å²) in [5.41, 5.74) is 1.07. The van der Waals surface area contributed by atoms with Crippen molar-refractivity contribution in [1.29, 1.82) is 0 Å². The van der Waals surface area contributed by atoms with E-state index in [2.05, 4.69) is 21.8 Å². The zero-order valence-electron chi connectivity index (χ0n) is 10.2. The average Bonchev–Trinajstić information content (AvgIpc) is 2.76. The summed E-state index contributed by atoms with van der Waals surface area (Å²) >= 11 is 1.46. The van der Waals surface area contributed by atoms with Gasteiger partial charge in [-0.15, -0.1) is 0 Å². The van der Waals surface area contributed by atoms with Crippen molar-refractivity contribution in [3.8, 4) is 0 Å². The van der Waals surface area contributed by atoms with Crippen LogP contribution in [-0.2, 0) is 21.9 Å². The largest absolute Gasteiger partial charge is 0.480 e. The normalized spacial score (nSPS) is 12.1. The van der Waals surface area contributed by atoms with Crippen LogP contribution in [0.25, 0.3) is 0 Å². The number of carbonyl (C=O) groups is 2. The van der Waals surface area contributed by atoms with E-state index in [9.17, 15) is 9.59 Å². The molecule has 0 bridgehead atoms. The van der Waals surface area contributed by atoms with E-state index in [0.717, 1.165) is 18.7 Å². The lowest BCUT2D eigenvalue weighted by atomic mass is 10.3. The number of amides is 1. The van der Waals surface area contributed by atoms with Crippen molar-refractivity contribution in [3.05, 3.63) is 18.2 Å². The zero-order chi connectivity index (χ0) is 13.4. The lowest BCUT2D eigenvalue weighted by molar-refractivity contribution is -0.139. The summed E-state index contributed by atoms with van der Waals surface area (Å²) in [4.78, 5) is 25.1. The molecule has 0 aliphatic carbocycles. The summed E-state index contributed by atoms with van der Waals surface area (Å²) in [7, 11) is 0. The molecule has 1 rings (SSSR count). The molecule has 0 saturated heterocycles. The second kappa shape index (κ2) is 7.75. The van der Waals surface area contributed by atoms with Crippen LogP contribution in [0.2, 0.25) is 0 Å². The fourth-order valence-corrected chi connectivity index (χ4v) is 2.51. The number of aryl methyl sites for hydroxylation is 1.